The van der Waals surface area contributed by atoms with Crippen LogP contribution in [-0.2, 0) is 6.42 Å². The third-order valence-corrected chi connectivity index (χ3v) is 4.18. The van der Waals surface area contributed by atoms with Crippen molar-refractivity contribution < 1.29 is 18.0 Å². The highest BCUT2D eigenvalue weighted by Gasteiger charge is 2.32. The molecule has 0 aliphatic carbocycles. The molecule has 3 N–H and O–H groups in total. The van der Waals surface area contributed by atoms with Crippen molar-refractivity contribution in [3.05, 3.63) is 58.9 Å². The summed E-state index contributed by atoms with van der Waals surface area (Å²) in [4.78, 5) is 13.8. The minimum absolute atomic E-state index is 0.0385. The summed E-state index contributed by atoms with van der Waals surface area (Å²) in [6, 6.07) is 5.98. The van der Waals surface area contributed by atoms with Gasteiger partial charge in [-0.25, -0.2) is 13.2 Å². The van der Waals surface area contributed by atoms with Gasteiger partial charge in [-0.2, -0.15) is 0 Å². The Hall–Kier alpha value is -2.54. The van der Waals surface area contributed by atoms with Gasteiger partial charge >= 0.3 is 0 Å². The number of aryl methyl sites for hydroxylation is 1. The van der Waals surface area contributed by atoms with E-state index in [1.54, 1.807) is 6.07 Å². The highest BCUT2D eigenvalue weighted by Crippen LogP contribution is 2.29. The number of halogens is 3. The minimum atomic E-state index is -1.00. The first kappa shape index (κ1) is 17.3. The lowest BCUT2D eigenvalue weighted by atomic mass is 10.0. The van der Waals surface area contributed by atoms with Crippen LogP contribution in [0.3, 0.4) is 0 Å². The Morgan fingerprint density at radius 1 is 1.16 bits per heavy atom. The van der Waals surface area contributed by atoms with E-state index in [4.69, 9.17) is 5.73 Å². The molecule has 25 heavy (non-hydrogen) atoms. The smallest absolute Gasteiger partial charge is 0.259 e. The lowest BCUT2D eigenvalue weighted by Crippen LogP contribution is -2.58. The second kappa shape index (κ2) is 6.76. The fourth-order valence-corrected chi connectivity index (χ4v) is 2.75. The predicted molar refractivity (Wildman–Crippen MR) is 89.3 cm³/mol. The van der Waals surface area contributed by atoms with E-state index >= 15 is 0 Å². The summed E-state index contributed by atoms with van der Waals surface area (Å²) in [7, 11) is 0. The highest BCUT2D eigenvalue weighted by molar-refractivity contribution is 6.01. The van der Waals surface area contributed by atoms with Crippen molar-refractivity contribution in [3.63, 3.8) is 0 Å². The molecule has 0 saturated carbocycles. The highest BCUT2D eigenvalue weighted by atomic mass is 19.1. The normalized spacial score (nSPS) is 14.4. The van der Waals surface area contributed by atoms with Crippen LogP contribution >= 0.6 is 0 Å². The average Bonchev–Trinajstić information content (AvgIpc) is 2.52. The number of hydrogen-bond donors (Lipinski definition) is 2. The van der Waals surface area contributed by atoms with E-state index in [-0.39, 0.29) is 23.0 Å². The van der Waals surface area contributed by atoms with Crippen LogP contribution in [0.15, 0.2) is 30.3 Å². The SMILES string of the molecule is CCc1ccc(Nc2cc(F)cc(F)c2C(=O)N2CC(N)C2)c(F)c1. The van der Waals surface area contributed by atoms with Crippen molar-refractivity contribution in [2.45, 2.75) is 19.4 Å². The second-order valence-electron chi connectivity index (χ2n) is 6.07. The average molecular weight is 349 g/mol. The molecule has 0 atom stereocenters. The van der Waals surface area contributed by atoms with Crippen molar-refractivity contribution in [1.29, 1.82) is 0 Å². The molecule has 4 nitrogen and oxygen atoms in total. The monoisotopic (exact) mass is 349 g/mol. The van der Waals surface area contributed by atoms with Gasteiger partial charge in [-0.05, 0) is 30.2 Å². The maximum absolute atomic E-state index is 14.2. The number of carbonyl (C=O) groups excluding carboxylic acids is 1. The summed E-state index contributed by atoms with van der Waals surface area (Å²) in [6.07, 6.45) is 0.657. The zero-order chi connectivity index (χ0) is 18.1. The van der Waals surface area contributed by atoms with Crippen molar-refractivity contribution in [1.82, 2.24) is 4.90 Å². The van der Waals surface area contributed by atoms with Gasteiger partial charge in [-0.15, -0.1) is 0 Å². The van der Waals surface area contributed by atoms with Gasteiger partial charge in [0.15, 0.2) is 0 Å². The Labute approximate surface area is 143 Å². The molecule has 0 unspecified atom stereocenters. The number of amides is 1. The van der Waals surface area contributed by atoms with Crippen LogP contribution in [0.25, 0.3) is 0 Å². The molecule has 2 aromatic rings. The summed E-state index contributed by atoms with van der Waals surface area (Å²) in [5, 5.41) is 2.64. The number of rotatable bonds is 4. The maximum Gasteiger partial charge on any atom is 0.259 e. The summed E-state index contributed by atoms with van der Waals surface area (Å²) in [5.74, 6) is -3.03. The summed E-state index contributed by atoms with van der Waals surface area (Å²) in [6.45, 7) is 2.49. The number of nitrogens with one attached hydrogen (secondary N) is 1. The molecule has 1 amide bonds. The second-order valence-corrected chi connectivity index (χ2v) is 6.07. The first-order valence-electron chi connectivity index (χ1n) is 7.98. The molecule has 1 saturated heterocycles. The van der Waals surface area contributed by atoms with Gasteiger partial charge in [0.25, 0.3) is 5.91 Å². The van der Waals surface area contributed by atoms with Crippen LogP contribution in [0.2, 0.25) is 0 Å². The molecule has 3 rings (SSSR count). The van der Waals surface area contributed by atoms with E-state index in [0.717, 1.165) is 11.6 Å². The molecule has 132 valence electrons. The molecule has 1 aliphatic heterocycles. The fourth-order valence-electron chi connectivity index (χ4n) is 2.75. The zero-order valence-corrected chi connectivity index (χ0v) is 13.7. The van der Waals surface area contributed by atoms with E-state index in [9.17, 15) is 18.0 Å². The molecule has 2 aromatic carbocycles. The Kier molecular flexibility index (Phi) is 4.67. The third-order valence-electron chi connectivity index (χ3n) is 4.18. The number of likely N-dealkylation sites (tertiary alicyclic amines) is 1. The number of nitrogens with two attached hydrogens (primary N) is 1. The molecular formula is C18H18F3N3O. The van der Waals surface area contributed by atoms with Crippen LogP contribution in [0.1, 0.15) is 22.8 Å². The van der Waals surface area contributed by atoms with Gasteiger partial charge in [-0.1, -0.05) is 13.0 Å². The molecular weight excluding hydrogens is 331 g/mol. The quantitative estimate of drug-likeness (QED) is 0.891. The number of benzene rings is 2. The van der Waals surface area contributed by atoms with E-state index in [2.05, 4.69) is 5.32 Å². The lowest BCUT2D eigenvalue weighted by molar-refractivity contribution is 0.0604. The Bertz CT molecular complexity index is 819. The molecule has 1 heterocycles. The largest absolute Gasteiger partial charge is 0.352 e. The third kappa shape index (κ3) is 3.46. The van der Waals surface area contributed by atoms with Gasteiger partial charge < -0.3 is 16.0 Å². The van der Waals surface area contributed by atoms with Crippen LogP contribution < -0.4 is 11.1 Å². The van der Waals surface area contributed by atoms with Crippen LogP contribution in [0.5, 0.6) is 0 Å². The molecule has 0 spiro atoms. The lowest BCUT2D eigenvalue weighted by Gasteiger charge is -2.37. The van der Waals surface area contributed by atoms with Crippen molar-refractivity contribution >= 4 is 17.3 Å². The molecule has 0 bridgehead atoms. The van der Waals surface area contributed by atoms with E-state index in [0.29, 0.717) is 25.6 Å². The minimum Gasteiger partial charge on any atom is -0.352 e. The van der Waals surface area contributed by atoms with Gasteiger partial charge in [0.05, 0.1) is 16.9 Å². The molecule has 7 heteroatoms. The topological polar surface area (TPSA) is 58.4 Å². The summed E-state index contributed by atoms with van der Waals surface area (Å²) < 4.78 is 42.1. The summed E-state index contributed by atoms with van der Waals surface area (Å²) >= 11 is 0. The van der Waals surface area contributed by atoms with Crippen molar-refractivity contribution in [2.24, 2.45) is 5.73 Å². The number of nitrogens with zero attached hydrogens (tertiary/aromatic N) is 1. The molecule has 0 radical (unpaired) electrons. The zero-order valence-electron chi connectivity index (χ0n) is 13.7. The van der Waals surface area contributed by atoms with E-state index < -0.39 is 23.4 Å². The first-order valence-corrected chi connectivity index (χ1v) is 7.98. The maximum atomic E-state index is 14.2. The van der Waals surface area contributed by atoms with Gasteiger partial charge in [0.1, 0.15) is 17.5 Å². The number of hydrogen-bond acceptors (Lipinski definition) is 3. The Morgan fingerprint density at radius 3 is 2.48 bits per heavy atom. The van der Waals surface area contributed by atoms with Gasteiger partial charge in [0.2, 0.25) is 0 Å². The molecule has 1 aliphatic rings. The Morgan fingerprint density at radius 2 is 1.88 bits per heavy atom. The van der Waals surface area contributed by atoms with E-state index in [1.807, 2.05) is 6.92 Å². The van der Waals surface area contributed by atoms with Crippen molar-refractivity contribution in [2.75, 3.05) is 18.4 Å². The van der Waals surface area contributed by atoms with Gasteiger partial charge in [0, 0.05) is 25.2 Å². The van der Waals surface area contributed by atoms with Crippen LogP contribution in [-0.4, -0.2) is 29.9 Å². The standard InChI is InChI=1S/C18H18F3N3O/c1-2-10-3-4-15(13(20)5-10)23-16-7-11(19)6-14(21)17(16)18(25)24-8-12(22)9-24/h3-7,12,23H,2,8-9,22H2,1H3. The number of anilines is 2. The number of carbonyl (C=O) groups is 1. The van der Waals surface area contributed by atoms with E-state index in [1.165, 1.54) is 17.0 Å². The molecule has 0 aromatic heterocycles. The van der Waals surface area contributed by atoms with Crippen LogP contribution in [0.4, 0.5) is 24.5 Å². The summed E-state index contributed by atoms with van der Waals surface area (Å²) in [5.41, 5.74) is 6.03. The van der Waals surface area contributed by atoms with Crippen molar-refractivity contribution in [3.8, 4) is 0 Å². The molecule has 1 fully saturated rings. The first-order chi connectivity index (χ1) is 11.9. The Balaban J connectivity index is 1.96. The predicted octanol–water partition coefficient (Wildman–Crippen LogP) is 3.19. The van der Waals surface area contributed by atoms with Crippen LogP contribution in [0, 0.1) is 17.5 Å². The van der Waals surface area contributed by atoms with Gasteiger partial charge in [-0.3, -0.25) is 4.79 Å². The fraction of sp³-hybridized carbons (Fsp3) is 0.278.